The normalized spacial score (nSPS) is 12.0. The molecule has 0 amide bonds. The number of fused-ring (bicyclic) bond motifs is 1. The van der Waals surface area contributed by atoms with Gasteiger partial charge in [-0.05, 0) is 50.2 Å². The molecule has 1 aromatic heterocycles. The van der Waals surface area contributed by atoms with Crippen molar-refractivity contribution >= 4 is 20.9 Å². The molecular weight excluding hydrogens is 289 g/mol. The molecule has 0 bridgehead atoms. The maximum Gasteiger partial charge on any atom is 0.268 e. The topological polar surface area (TPSA) is 39.1 Å². The van der Waals surface area contributed by atoms with E-state index in [1.54, 1.807) is 37.3 Å². The molecule has 0 aliphatic rings. The Kier molecular flexibility index (Phi) is 3.10. The molecule has 3 nitrogen and oxygen atoms in total. The number of halogens is 1. The van der Waals surface area contributed by atoms with Gasteiger partial charge in [-0.2, -0.15) is 0 Å². The van der Waals surface area contributed by atoms with Gasteiger partial charge in [-0.15, -0.1) is 0 Å². The molecule has 0 aliphatic heterocycles. The van der Waals surface area contributed by atoms with Gasteiger partial charge in [0.2, 0.25) is 0 Å². The van der Waals surface area contributed by atoms with E-state index in [0.717, 1.165) is 5.56 Å². The second kappa shape index (κ2) is 4.70. The van der Waals surface area contributed by atoms with Crippen LogP contribution in [0.15, 0.2) is 53.4 Å². The van der Waals surface area contributed by atoms with Crippen LogP contribution in [0.25, 0.3) is 10.9 Å². The molecule has 0 saturated carbocycles. The summed E-state index contributed by atoms with van der Waals surface area (Å²) in [5, 5.41) is 0.572. The lowest BCUT2D eigenvalue weighted by atomic mass is 10.2. The summed E-state index contributed by atoms with van der Waals surface area (Å²) in [7, 11) is -3.69. The van der Waals surface area contributed by atoms with Crippen molar-refractivity contribution in [3.8, 4) is 0 Å². The van der Waals surface area contributed by atoms with Gasteiger partial charge in [-0.1, -0.05) is 17.7 Å². The summed E-state index contributed by atoms with van der Waals surface area (Å²) in [6, 6.07) is 12.4. The van der Waals surface area contributed by atoms with E-state index in [2.05, 4.69) is 0 Å². The molecule has 1 heterocycles. The molecule has 0 saturated heterocycles. The third-order valence-corrected chi connectivity index (χ3v) is 5.29. The van der Waals surface area contributed by atoms with Gasteiger partial charge in [0.05, 0.1) is 10.4 Å². The smallest absolute Gasteiger partial charge is 0.238 e. The fourth-order valence-electron chi connectivity index (χ4n) is 2.43. The third-order valence-electron chi connectivity index (χ3n) is 3.45. The van der Waals surface area contributed by atoms with Crippen LogP contribution in [-0.2, 0) is 10.0 Å². The Balaban J connectivity index is 2.28. The number of hydrogen-bond donors (Lipinski definition) is 0. The lowest BCUT2D eigenvalue weighted by molar-refractivity contribution is 0.588. The molecule has 3 aromatic rings. The third kappa shape index (κ3) is 2.23. The molecule has 21 heavy (non-hydrogen) atoms. The molecule has 0 radical (unpaired) electrons. The highest BCUT2D eigenvalue weighted by Crippen LogP contribution is 2.26. The van der Waals surface area contributed by atoms with E-state index < -0.39 is 10.0 Å². The van der Waals surface area contributed by atoms with Crippen molar-refractivity contribution in [2.45, 2.75) is 18.7 Å². The van der Waals surface area contributed by atoms with Gasteiger partial charge in [0.25, 0.3) is 10.0 Å². The Morgan fingerprint density at radius 2 is 1.62 bits per heavy atom. The molecule has 2 aromatic carbocycles. The maximum absolute atomic E-state index is 13.3. The van der Waals surface area contributed by atoms with Crippen LogP contribution < -0.4 is 0 Å². The number of rotatable bonds is 2. The van der Waals surface area contributed by atoms with Crippen molar-refractivity contribution in [1.29, 1.82) is 0 Å². The van der Waals surface area contributed by atoms with Crippen molar-refractivity contribution in [3.05, 3.63) is 65.6 Å². The SMILES string of the molecule is Cc1ccc(S(=O)(=O)n2c(C)cc3cc(F)ccc32)cc1. The van der Waals surface area contributed by atoms with E-state index in [9.17, 15) is 12.8 Å². The van der Waals surface area contributed by atoms with E-state index in [-0.39, 0.29) is 10.7 Å². The van der Waals surface area contributed by atoms with Gasteiger partial charge in [0.1, 0.15) is 5.82 Å². The van der Waals surface area contributed by atoms with Crippen LogP contribution in [0.5, 0.6) is 0 Å². The van der Waals surface area contributed by atoms with Gasteiger partial charge >= 0.3 is 0 Å². The van der Waals surface area contributed by atoms with Crippen molar-refractivity contribution in [2.24, 2.45) is 0 Å². The van der Waals surface area contributed by atoms with E-state index in [0.29, 0.717) is 16.6 Å². The van der Waals surface area contributed by atoms with Gasteiger partial charge < -0.3 is 0 Å². The van der Waals surface area contributed by atoms with Crippen LogP contribution >= 0.6 is 0 Å². The molecule has 0 unspecified atom stereocenters. The van der Waals surface area contributed by atoms with E-state index in [1.807, 2.05) is 6.92 Å². The largest absolute Gasteiger partial charge is 0.268 e. The Morgan fingerprint density at radius 3 is 2.29 bits per heavy atom. The number of aryl methyl sites for hydroxylation is 2. The zero-order valence-corrected chi connectivity index (χ0v) is 12.5. The Hall–Kier alpha value is -2.14. The molecule has 0 spiro atoms. The average Bonchev–Trinajstić information content (AvgIpc) is 2.74. The van der Waals surface area contributed by atoms with Gasteiger partial charge in [-0.3, -0.25) is 0 Å². The van der Waals surface area contributed by atoms with Crippen LogP contribution in [-0.4, -0.2) is 12.4 Å². The molecule has 5 heteroatoms. The molecule has 0 aliphatic carbocycles. The summed E-state index contributed by atoms with van der Waals surface area (Å²) >= 11 is 0. The number of aromatic nitrogens is 1. The molecular formula is C16H14FNO2S. The summed E-state index contributed by atoms with van der Waals surface area (Å²) in [6.07, 6.45) is 0. The first-order valence-electron chi connectivity index (χ1n) is 6.49. The van der Waals surface area contributed by atoms with E-state index >= 15 is 0 Å². The van der Waals surface area contributed by atoms with Crippen LogP contribution in [0.4, 0.5) is 4.39 Å². The minimum atomic E-state index is -3.69. The maximum atomic E-state index is 13.3. The predicted octanol–water partition coefficient (Wildman–Crippen LogP) is 3.63. The van der Waals surface area contributed by atoms with Crippen molar-refractivity contribution in [2.75, 3.05) is 0 Å². The highest BCUT2D eigenvalue weighted by Gasteiger charge is 2.21. The standard InChI is InChI=1S/C16H14FNO2S/c1-11-3-6-15(7-4-11)21(19,20)18-12(2)9-13-10-14(17)5-8-16(13)18/h3-10H,1-2H3. The fraction of sp³-hybridized carbons (Fsp3) is 0.125. The Morgan fingerprint density at radius 1 is 0.952 bits per heavy atom. The van der Waals surface area contributed by atoms with Crippen molar-refractivity contribution in [1.82, 2.24) is 3.97 Å². The van der Waals surface area contributed by atoms with Gasteiger partial charge in [-0.25, -0.2) is 16.8 Å². The summed E-state index contributed by atoms with van der Waals surface area (Å²) < 4.78 is 40.1. The highest BCUT2D eigenvalue weighted by atomic mass is 32.2. The lowest BCUT2D eigenvalue weighted by Gasteiger charge is -2.10. The summed E-state index contributed by atoms with van der Waals surface area (Å²) in [6.45, 7) is 3.60. The molecule has 108 valence electrons. The number of benzene rings is 2. The monoisotopic (exact) mass is 303 g/mol. The van der Waals surface area contributed by atoms with E-state index in [4.69, 9.17) is 0 Å². The Bertz CT molecular complexity index is 925. The van der Waals surface area contributed by atoms with Crippen LogP contribution in [0.3, 0.4) is 0 Å². The lowest BCUT2D eigenvalue weighted by Crippen LogP contribution is -2.14. The van der Waals surface area contributed by atoms with Crippen LogP contribution in [0.2, 0.25) is 0 Å². The first-order valence-corrected chi connectivity index (χ1v) is 7.93. The van der Waals surface area contributed by atoms with Gasteiger partial charge in [0, 0.05) is 11.1 Å². The predicted molar refractivity (Wildman–Crippen MR) is 80.4 cm³/mol. The highest BCUT2D eigenvalue weighted by molar-refractivity contribution is 7.90. The van der Waals surface area contributed by atoms with Crippen LogP contribution in [0.1, 0.15) is 11.3 Å². The minimum absolute atomic E-state index is 0.220. The molecule has 3 rings (SSSR count). The minimum Gasteiger partial charge on any atom is -0.238 e. The summed E-state index contributed by atoms with van der Waals surface area (Å²) in [5.41, 5.74) is 2.02. The van der Waals surface area contributed by atoms with Gasteiger partial charge in [0.15, 0.2) is 0 Å². The fourth-order valence-corrected chi connectivity index (χ4v) is 3.98. The molecule has 0 N–H and O–H groups in total. The van der Waals surface area contributed by atoms with Crippen molar-refractivity contribution in [3.63, 3.8) is 0 Å². The second-order valence-corrected chi connectivity index (χ2v) is 6.86. The zero-order valence-electron chi connectivity index (χ0n) is 11.7. The van der Waals surface area contributed by atoms with Crippen LogP contribution in [0, 0.1) is 19.7 Å². The average molecular weight is 303 g/mol. The quantitative estimate of drug-likeness (QED) is 0.725. The summed E-state index contributed by atoms with van der Waals surface area (Å²) in [5.74, 6) is -0.382. The molecule has 0 atom stereocenters. The second-order valence-electron chi connectivity index (χ2n) is 5.07. The molecule has 0 fully saturated rings. The van der Waals surface area contributed by atoms with Crippen molar-refractivity contribution < 1.29 is 12.8 Å². The number of hydrogen-bond acceptors (Lipinski definition) is 2. The Labute approximate surface area is 122 Å². The first kappa shape index (κ1) is 13.8. The summed E-state index contributed by atoms with van der Waals surface area (Å²) in [4.78, 5) is 0.220. The zero-order chi connectivity index (χ0) is 15.2. The number of nitrogens with zero attached hydrogens (tertiary/aromatic N) is 1. The van der Waals surface area contributed by atoms with E-state index in [1.165, 1.54) is 22.2 Å². The first-order chi connectivity index (χ1) is 9.89.